The number of nitrogens with zero attached hydrogens (tertiary/aromatic N) is 1. The third-order valence-corrected chi connectivity index (χ3v) is 8.54. The van der Waals surface area contributed by atoms with Crippen molar-refractivity contribution in [2.75, 3.05) is 13.7 Å². The number of methoxy groups -OCH3 is 1. The number of benzene rings is 1. The van der Waals surface area contributed by atoms with Crippen LogP contribution in [-0.4, -0.2) is 42.7 Å². The third kappa shape index (κ3) is 5.03. The number of halogens is 1. The molecule has 5 rings (SSSR count). The molecule has 1 aliphatic carbocycles. The summed E-state index contributed by atoms with van der Waals surface area (Å²) in [7, 11) is 1.32. The highest BCUT2D eigenvalue weighted by atomic mass is 19.1. The Labute approximate surface area is 223 Å². The molecule has 38 heavy (non-hydrogen) atoms. The van der Waals surface area contributed by atoms with E-state index in [0.717, 1.165) is 36.8 Å². The molecule has 7 nitrogen and oxygen atoms in total. The van der Waals surface area contributed by atoms with Crippen LogP contribution in [0.2, 0.25) is 0 Å². The van der Waals surface area contributed by atoms with Crippen LogP contribution in [0.4, 0.5) is 4.39 Å². The average molecular weight is 525 g/mol. The summed E-state index contributed by atoms with van der Waals surface area (Å²) in [6.45, 7) is 2.82. The first-order valence-corrected chi connectivity index (χ1v) is 13.9. The maximum absolute atomic E-state index is 14.2. The van der Waals surface area contributed by atoms with Crippen LogP contribution in [0.25, 0.3) is 6.08 Å². The zero-order valence-corrected chi connectivity index (χ0v) is 22.2. The summed E-state index contributed by atoms with van der Waals surface area (Å²) in [5, 5.41) is 2.97. The number of amides is 1. The Bertz CT molecular complexity index is 1190. The lowest BCUT2D eigenvalue weighted by molar-refractivity contribution is -0.134. The smallest absolute Gasteiger partial charge is 0.330 e. The maximum Gasteiger partial charge on any atom is 0.330 e. The van der Waals surface area contributed by atoms with E-state index in [9.17, 15) is 14.0 Å². The first-order chi connectivity index (χ1) is 18.5. The Kier molecular flexibility index (Phi) is 7.98. The van der Waals surface area contributed by atoms with E-state index in [2.05, 4.69) is 17.2 Å². The molecule has 3 fully saturated rings. The quantitative estimate of drug-likeness (QED) is 0.215. The van der Waals surface area contributed by atoms with E-state index in [1.165, 1.54) is 57.3 Å². The van der Waals surface area contributed by atoms with Crippen LogP contribution < -0.4 is 5.32 Å². The van der Waals surface area contributed by atoms with Crippen LogP contribution in [0.5, 0.6) is 0 Å². The molecule has 1 N–H and O–H groups in total. The van der Waals surface area contributed by atoms with Gasteiger partial charge in [0.2, 0.25) is 5.89 Å². The Morgan fingerprint density at radius 2 is 2.03 bits per heavy atom. The van der Waals surface area contributed by atoms with Gasteiger partial charge in [-0.1, -0.05) is 45.1 Å². The fraction of sp³-hybridized carbons (Fsp3) is 0.567. The summed E-state index contributed by atoms with van der Waals surface area (Å²) < 4.78 is 31.1. The number of carbonyl (C=O) groups excluding carboxylic acids is 2. The number of aromatic nitrogens is 1. The van der Waals surface area contributed by atoms with Crippen molar-refractivity contribution < 1.29 is 27.9 Å². The van der Waals surface area contributed by atoms with Gasteiger partial charge in [-0.2, -0.15) is 0 Å². The van der Waals surface area contributed by atoms with Crippen molar-refractivity contribution in [3.8, 4) is 0 Å². The second kappa shape index (κ2) is 11.4. The topological polar surface area (TPSA) is 90.7 Å². The SMILES string of the molecule is CCCCCCCCNC(=O)c1coc(C23C4CCC(O4)C2C3Cc2cc(F)ccc2/C=C/C(=O)OC)n1. The van der Waals surface area contributed by atoms with Crippen molar-refractivity contribution in [3.05, 3.63) is 59.1 Å². The molecule has 1 saturated carbocycles. The molecule has 1 aromatic heterocycles. The van der Waals surface area contributed by atoms with Crippen molar-refractivity contribution >= 4 is 18.0 Å². The minimum atomic E-state index is -0.464. The van der Waals surface area contributed by atoms with Crippen LogP contribution in [-0.2, 0) is 26.1 Å². The lowest BCUT2D eigenvalue weighted by Crippen LogP contribution is -2.28. The molecule has 2 bridgehead atoms. The largest absolute Gasteiger partial charge is 0.466 e. The second-order valence-electron chi connectivity index (χ2n) is 10.8. The third-order valence-electron chi connectivity index (χ3n) is 8.54. The van der Waals surface area contributed by atoms with Crippen molar-refractivity contribution in [2.24, 2.45) is 11.8 Å². The van der Waals surface area contributed by atoms with Crippen molar-refractivity contribution in [1.29, 1.82) is 0 Å². The second-order valence-corrected chi connectivity index (χ2v) is 10.8. The van der Waals surface area contributed by atoms with Gasteiger partial charge < -0.3 is 19.2 Å². The minimum absolute atomic E-state index is 0.0252. The molecule has 3 heterocycles. The molecule has 0 spiro atoms. The van der Waals surface area contributed by atoms with E-state index in [-0.39, 0.29) is 35.8 Å². The van der Waals surface area contributed by atoms with Gasteiger partial charge >= 0.3 is 5.97 Å². The number of hydrogen-bond acceptors (Lipinski definition) is 6. The number of oxazole rings is 1. The number of nitrogens with one attached hydrogen (secondary N) is 1. The van der Waals surface area contributed by atoms with Gasteiger partial charge in [0, 0.05) is 18.5 Å². The van der Waals surface area contributed by atoms with Crippen LogP contribution in [0, 0.1) is 17.7 Å². The Balaban J connectivity index is 1.28. The van der Waals surface area contributed by atoms with Crippen LogP contribution in [0.1, 0.15) is 85.8 Å². The zero-order valence-electron chi connectivity index (χ0n) is 22.2. The van der Waals surface area contributed by atoms with Gasteiger partial charge in [-0.25, -0.2) is 14.2 Å². The molecule has 3 aliphatic rings. The summed E-state index contributed by atoms with van der Waals surface area (Å²) in [6, 6.07) is 4.59. The molecule has 5 unspecified atom stereocenters. The predicted octanol–water partition coefficient (Wildman–Crippen LogP) is 5.38. The average Bonchev–Trinajstić information content (AvgIpc) is 3.35. The molecule has 2 aromatic rings. The zero-order chi connectivity index (χ0) is 26.7. The van der Waals surface area contributed by atoms with Gasteiger partial charge in [0.1, 0.15) is 12.1 Å². The van der Waals surface area contributed by atoms with Crippen molar-refractivity contribution in [1.82, 2.24) is 10.3 Å². The summed E-state index contributed by atoms with van der Waals surface area (Å²) in [6.07, 6.45) is 14.0. The van der Waals surface area contributed by atoms with Crippen LogP contribution in [0.3, 0.4) is 0 Å². The Hall–Kier alpha value is -3.00. The van der Waals surface area contributed by atoms with Gasteiger partial charge in [-0.15, -0.1) is 0 Å². The number of unbranched alkanes of at least 4 members (excludes halogenated alkanes) is 5. The standard InChI is InChI=1S/C30H37FN2O5/c1-3-4-5-6-7-8-15-32-28(35)23-18-37-29(33-23)30-22(27(30)24-12-13-25(30)38-24)17-20-16-21(31)11-9-19(20)10-14-26(34)36-2/h9-11,14,16,18,22,24-25,27H,3-8,12-13,15,17H2,1-2H3,(H,32,35)/b14-10+. The van der Waals surface area contributed by atoms with Crippen LogP contribution >= 0.6 is 0 Å². The molecule has 204 valence electrons. The summed E-state index contributed by atoms with van der Waals surface area (Å²) >= 11 is 0. The first kappa shape index (κ1) is 26.6. The normalized spacial score (nSPS) is 27.0. The van der Waals surface area contributed by atoms with E-state index in [1.807, 2.05) is 0 Å². The number of fused-ring (bicyclic) bond motifs is 5. The highest BCUT2D eigenvalue weighted by molar-refractivity contribution is 5.92. The highest BCUT2D eigenvalue weighted by Crippen LogP contribution is 2.73. The van der Waals surface area contributed by atoms with E-state index in [0.29, 0.717) is 24.6 Å². The van der Waals surface area contributed by atoms with Gasteiger partial charge in [0.15, 0.2) is 5.69 Å². The molecule has 0 radical (unpaired) electrons. The number of hydrogen-bond donors (Lipinski definition) is 1. The van der Waals surface area contributed by atoms with Crippen molar-refractivity contribution in [2.45, 2.75) is 82.3 Å². The molecule has 2 saturated heterocycles. The Morgan fingerprint density at radius 1 is 1.21 bits per heavy atom. The minimum Gasteiger partial charge on any atom is -0.466 e. The molecular weight excluding hydrogens is 487 g/mol. The fourth-order valence-electron chi connectivity index (χ4n) is 6.70. The van der Waals surface area contributed by atoms with E-state index >= 15 is 0 Å². The fourth-order valence-corrected chi connectivity index (χ4v) is 6.70. The highest BCUT2D eigenvalue weighted by Gasteiger charge is 2.80. The van der Waals surface area contributed by atoms with Crippen LogP contribution in [0.15, 0.2) is 35.0 Å². The lowest BCUT2D eigenvalue weighted by Gasteiger charge is -2.19. The predicted molar refractivity (Wildman–Crippen MR) is 140 cm³/mol. The molecule has 1 amide bonds. The molecular formula is C30H37FN2O5. The van der Waals surface area contributed by atoms with Crippen molar-refractivity contribution in [3.63, 3.8) is 0 Å². The lowest BCUT2D eigenvalue weighted by atomic mass is 9.86. The number of rotatable bonds is 13. The number of carbonyl (C=O) groups is 2. The molecule has 5 atom stereocenters. The van der Waals surface area contributed by atoms with Gasteiger partial charge in [0.05, 0.1) is 24.7 Å². The summed E-state index contributed by atoms with van der Waals surface area (Å²) in [5.74, 6) is -0.0999. The van der Waals surface area contributed by atoms with E-state index in [1.54, 1.807) is 12.1 Å². The Morgan fingerprint density at radius 3 is 2.84 bits per heavy atom. The maximum atomic E-state index is 14.2. The van der Waals surface area contributed by atoms with Gasteiger partial charge in [-0.05, 0) is 60.9 Å². The first-order valence-electron chi connectivity index (χ1n) is 13.9. The van der Waals surface area contributed by atoms with Gasteiger partial charge in [0.25, 0.3) is 5.91 Å². The monoisotopic (exact) mass is 524 g/mol. The molecule has 1 aromatic carbocycles. The number of esters is 1. The van der Waals surface area contributed by atoms with Gasteiger partial charge in [-0.3, -0.25) is 4.79 Å². The molecule has 2 aliphatic heterocycles. The summed E-state index contributed by atoms with van der Waals surface area (Å²) in [5.41, 5.74) is 1.47. The number of ether oxygens (including phenoxy) is 2. The molecule has 8 heteroatoms. The summed E-state index contributed by atoms with van der Waals surface area (Å²) in [4.78, 5) is 29.0. The van der Waals surface area contributed by atoms with E-state index in [4.69, 9.17) is 13.9 Å². The van der Waals surface area contributed by atoms with E-state index < -0.39 is 11.4 Å².